The van der Waals surface area contributed by atoms with Gasteiger partial charge in [0.2, 0.25) is 5.91 Å². The van der Waals surface area contributed by atoms with Crippen molar-refractivity contribution in [2.24, 2.45) is 0 Å². The zero-order valence-electron chi connectivity index (χ0n) is 10.7. The van der Waals surface area contributed by atoms with Gasteiger partial charge in [-0.3, -0.25) is 10.1 Å². The molecule has 0 spiro atoms. The molecule has 0 saturated carbocycles. The maximum Gasteiger partial charge on any atom is 0.321 e. The van der Waals surface area contributed by atoms with Crippen LogP contribution in [0.5, 0.6) is 0 Å². The molecule has 0 unspecified atom stereocenters. The third-order valence-corrected chi connectivity index (χ3v) is 1.92. The molecule has 1 rings (SSSR count). The van der Waals surface area contributed by atoms with E-state index in [1.807, 2.05) is 13.8 Å². The molecule has 0 saturated heterocycles. The van der Waals surface area contributed by atoms with E-state index in [4.69, 9.17) is 0 Å². The number of hydrogen-bond donors (Lipinski definition) is 3. The molecule has 100 valence electrons. The molecule has 3 N–H and O–H groups in total. The number of rotatable bonds is 5. The summed E-state index contributed by atoms with van der Waals surface area (Å²) in [5.74, 6) is -0.436. The zero-order valence-corrected chi connectivity index (χ0v) is 10.7. The minimum atomic E-state index is -0.509. The molecule has 1 aromatic rings. The Labute approximate surface area is 105 Å². The molecule has 8 heteroatoms. The minimum Gasteiger partial charge on any atom is -0.336 e. The van der Waals surface area contributed by atoms with Gasteiger partial charge in [0.25, 0.3) is 0 Å². The Morgan fingerprint density at radius 1 is 1.44 bits per heavy atom. The Hall–Kier alpha value is -1.96. The summed E-state index contributed by atoms with van der Waals surface area (Å²) >= 11 is 0. The average Bonchev–Trinajstić information content (AvgIpc) is 2.64. The molecule has 0 fully saturated rings. The average molecular weight is 254 g/mol. The molecular formula is C10H18N6O2. The molecule has 0 aromatic carbocycles. The van der Waals surface area contributed by atoms with Gasteiger partial charge in [0.15, 0.2) is 0 Å². The number of aromatic nitrogens is 3. The van der Waals surface area contributed by atoms with Crippen molar-refractivity contribution in [3.05, 3.63) is 11.9 Å². The summed E-state index contributed by atoms with van der Waals surface area (Å²) in [5, 5.41) is 15.3. The van der Waals surface area contributed by atoms with Crippen LogP contribution in [0.25, 0.3) is 0 Å². The number of carbonyl (C=O) groups excluding carboxylic acids is 2. The predicted molar refractivity (Wildman–Crippen MR) is 64.6 cm³/mol. The summed E-state index contributed by atoms with van der Waals surface area (Å²) in [4.78, 5) is 22.8. The van der Waals surface area contributed by atoms with Crippen LogP contribution in [-0.2, 0) is 17.9 Å². The molecule has 3 amide bonds. The van der Waals surface area contributed by atoms with Gasteiger partial charge in [-0.25, -0.2) is 9.48 Å². The van der Waals surface area contributed by atoms with Crippen LogP contribution in [0.4, 0.5) is 4.79 Å². The zero-order chi connectivity index (χ0) is 13.5. The van der Waals surface area contributed by atoms with Gasteiger partial charge in [0.1, 0.15) is 6.54 Å². The van der Waals surface area contributed by atoms with Gasteiger partial charge in [-0.05, 0) is 20.9 Å². The lowest BCUT2D eigenvalue weighted by Gasteiger charge is -2.08. The van der Waals surface area contributed by atoms with Gasteiger partial charge >= 0.3 is 6.03 Å². The quantitative estimate of drug-likeness (QED) is 0.640. The molecular weight excluding hydrogens is 236 g/mol. The summed E-state index contributed by atoms with van der Waals surface area (Å²) in [6, 6.07) is -0.531. The third kappa shape index (κ3) is 4.91. The summed E-state index contributed by atoms with van der Waals surface area (Å²) in [7, 11) is 1.79. The molecule has 18 heavy (non-hydrogen) atoms. The van der Waals surface area contributed by atoms with Gasteiger partial charge in [0.05, 0.1) is 11.9 Å². The summed E-state index contributed by atoms with van der Waals surface area (Å²) in [6.45, 7) is 4.16. The number of imide groups is 1. The van der Waals surface area contributed by atoms with Gasteiger partial charge in [0, 0.05) is 12.6 Å². The second kappa shape index (κ2) is 6.70. The predicted octanol–water partition coefficient (Wildman–Crippen LogP) is -0.768. The molecule has 0 radical (unpaired) electrons. The van der Waals surface area contributed by atoms with Crippen LogP contribution in [0.1, 0.15) is 19.5 Å². The highest BCUT2D eigenvalue weighted by molar-refractivity contribution is 5.94. The van der Waals surface area contributed by atoms with Crippen LogP contribution in [-0.4, -0.2) is 40.0 Å². The van der Waals surface area contributed by atoms with E-state index in [0.717, 1.165) is 5.69 Å². The Balaban J connectivity index is 2.41. The standard InChI is InChI=1S/C10H18N6O2/c1-7(2)12-10(18)13-9(17)6-16-5-8(4-11-3)14-15-16/h5,7,11H,4,6H2,1-3H3,(H2,12,13,17,18). The normalized spacial score (nSPS) is 10.4. The van der Waals surface area contributed by atoms with Crippen molar-refractivity contribution in [3.8, 4) is 0 Å². The van der Waals surface area contributed by atoms with Crippen molar-refractivity contribution < 1.29 is 9.59 Å². The van der Waals surface area contributed by atoms with Crippen LogP contribution in [0.2, 0.25) is 0 Å². The number of amides is 3. The van der Waals surface area contributed by atoms with Gasteiger partial charge in [-0.15, -0.1) is 5.10 Å². The van der Waals surface area contributed by atoms with Gasteiger partial charge in [-0.1, -0.05) is 5.21 Å². The first kappa shape index (κ1) is 14.1. The van der Waals surface area contributed by atoms with Crippen LogP contribution >= 0.6 is 0 Å². The second-order valence-electron chi connectivity index (χ2n) is 4.11. The SMILES string of the molecule is CNCc1cn(CC(=O)NC(=O)NC(C)C)nn1. The van der Waals surface area contributed by atoms with E-state index in [1.165, 1.54) is 4.68 Å². The van der Waals surface area contributed by atoms with E-state index in [-0.39, 0.29) is 12.6 Å². The third-order valence-electron chi connectivity index (χ3n) is 1.92. The molecule has 0 aliphatic carbocycles. The molecule has 1 aromatic heterocycles. The van der Waals surface area contributed by atoms with Gasteiger partial charge < -0.3 is 10.6 Å². The molecule has 1 heterocycles. The summed E-state index contributed by atoms with van der Waals surface area (Å²) in [5.41, 5.74) is 0.733. The van der Waals surface area contributed by atoms with E-state index in [2.05, 4.69) is 26.3 Å². The van der Waals surface area contributed by atoms with Crippen molar-refractivity contribution in [1.82, 2.24) is 30.9 Å². The fourth-order valence-electron chi connectivity index (χ4n) is 1.29. The lowest BCUT2D eigenvalue weighted by molar-refractivity contribution is -0.120. The molecule has 8 nitrogen and oxygen atoms in total. The Morgan fingerprint density at radius 3 is 2.78 bits per heavy atom. The number of carbonyl (C=O) groups is 2. The lowest BCUT2D eigenvalue weighted by Crippen LogP contribution is -2.43. The van der Waals surface area contributed by atoms with Gasteiger partial charge in [-0.2, -0.15) is 0 Å². The first-order valence-electron chi connectivity index (χ1n) is 5.65. The van der Waals surface area contributed by atoms with E-state index in [9.17, 15) is 9.59 Å². The van der Waals surface area contributed by atoms with E-state index >= 15 is 0 Å². The first-order valence-corrected chi connectivity index (χ1v) is 5.65. The van der Waals surface area contributed by atoms with Crippen LogP contribution in [0, 0.1) is 0 Å². The molecule has 0 aliphatic heterocycles. The molecule has 0 aliphatic rings. The highest BCUT2D eigenvalue weighted by Gasteiger charge is 2.10. The van der Waals surface area contributed by atoms with E-state index in [0.29, 0.717) is 6.54 Å². The Morgan fingerprint density at radius 2 is 2.17 bits per heavy atom. The molecule has 0 atom stereocenters. The summed E-state index contributed by atoms with van der Waals surface area (Å²) in [6.07, 6.45) is 1.65. The fraction of sp³-hybridized carbons (Fsp3) is 0.600. The number of nitrogens with one attached hydrogen (secondary N) is 3. The topological polar surface area (TPSA) is 101 Å². The highest BCUT2D eigenvalue weighted by atomic mass is 16.2. The van der Waals surface area contributed by atoms with Crippen molar-refractivity contribution in [3.63, 3.8) is 0 Å². The maximum absolute atomic E-state index is 11.5. The van der Waals surface area contributed by atoms with Crippen LogP contribution in [0.15, 0.2) is 6.20 Å². The van der Waals surface area contributed by atoms with E-state index < -0.39 is 11.9 Å². The fourth-order valence-corrected chi connectivity index (χ4v) is 1.29. The monoisotopic (exact) mass is 254 g/mol. The largest absolute Gasteiger partial charge is 0.336 e. The molecule has 0 bridgehead atoms. The number of hydrogen-bond acceptors (Lipinski definition) is 5. The van der Waals surface area contributed by atoms with E-state index in [1.54, 1.807) is 13.2 Å². The minimum absolute atomic E-state index is 0.0219. The first-order chi connectivity index (χ1) is 8.51. The van der Waals surface area contributed by atoms with Crippen molar-refractivity contribution in [2.45, 2.75) is 33.0 Å². The maximum atomic E-state index is 11.5. The number of nitrogens with zero attached hydrogens (tertiary/aromatic N) is 3. The van der Waals surface area contributed by atoms with Crippen LogP contribution < -0.4 is 16.0 Å². The summed E-state index contributed by atoms with van der Waals surface area (Å²) < 4.78 is 1.38. The Kier molecular flexibility index (Phi) is 5.25. The van der Waals surface area contributed by atoms with Crippen LogP contribution in [0.3, 0.4) is 0 Å². The second-order valence-corrected chi connectivity index (χ2v) is 4.11. The number of urea groups is 1. The Bertz CT molecular complexity index is 414. The smallest absolute Gasteiger partial charge is 0.321 e. The van der Waals surface area contributed by atoms with Crippen molar-refractivity contribution in [2.75, 3.05) is 7.05 Å². The van der Waals surface area contributed by atoms with Crippen molar-refractivity contribution in [1.29, 1.82) is 0 Å². The lowest BCUT2D eigenvalue weighted by atomic mass is 10.4. The highest BCUT2D eigenvalue weighted by Crippen LogP contribution is 1.91. The van der Waals surface area contributed by atoms with Crippen molar-refractivity contribution >= 4 is 11.9 Å².